The van der Waals surface area contributed by atoms with Gasteiger partial charge in [0, 0.05) is 5.41 Å². The molecule has 22 heavy (non-hydrogen) atoms. The van der Waals surface area contributed by atoms with E-state index >= 15 is 0 Å². The summed E-state index contributed by atoms with van der Waals surface area (Å²) in [6, 6.07) is 19.7. The Kier molecular flexibility index (Phi) is 3.40. The Labute approximate surface area is 131 Å². The highest BCUT2D eigenvalue weighted by molar-refractivity contribution is 5.93. The van der Waals surface area contributed by atoms with Gasteiger partial charge in [0.05, 0.1) is 0 Å². The van der Waals surface area contributed by atoms with Gasteiger partial charge in [0.2, 0.25) is 0 Å². The van der Waals surface area contributed by atoms with Gasteiger partial charge in [0.25, 0.3) is 0 Å². The molecule has 0 fully saturated rings. The van der Waals surface area contributed by atoms with Crippen molar-refractivity contribution in [3.05, 3.63) is 83.6 Å². The maximum absolute atomic E-state index is 12.9. The van der Waals surface area contributed by atoms with Crippen molar-refractivity contribution < 1.29 is 9.53 Å². The van der Waals surface area contributed by atoms with Crippen LogP contribution in [0.1, 0.15) is 31.9 Å². The highest BCUT2D eigenvalue weighted by Crippen LogP contribution is 2.44. The second-order valence-corrected chi connectivity index (χ2v) is 6.69. The predicted octanol–water partition coefficient (Wildman–Crippen LogP) is 4.46. The molecule has 0 unspecified atom stereocenters. The predicted molar refractivity (Wildman–Crippen MR) is 87.3 cm³/mol. The van der Waals surface area contributed by atoms with Gasteiger partial charge in [-0.3, -0.25) is 0 Å². The molecule has 0 saturated carbocycles. The van der Waals surface area contributed by atoms with Crippen molar-refractivity contribution in [1.82, 2.24) is 0 Å². The Morgan fingerprint density at radius 1 is 0.818 bits per heavy atom. The first-order chi connectivity index (χ1) is 10.4. The first-order valence-corrected chi connectivity index (χ1v) is 7.51. The number of cyclic esters (lactones) is 1. The van der Waals surface area contributed by atoms with Crippen LogP contribution in [0.15, 0.2) is 72.5 Å². The van der Waals surface area contributed by atoms with Gasteiger partial charge in [0.15, 0.2) is 0 Å². The van der Waals surface area contributed by atoms with E-state index in [1.165, 1.54) is 0 Å². The van der Waals surface area contributed by atoms with Gasteiger partial charge in [-0.1, -0.05) is 81.4 Å². The first kappa shape index (κ1) is 14.6. The van der Waals surface area contributed by atoms with Crippen LogP contribution in [0.5, 0.6) is 0 Å². The summed E-state index contributed by atoms with van der Waals surface area (Å²) in [5, 5.41) is 0. The SMILES string of the molecule is CC(C)(C)C1=CC(c2ccccc2)(c2ccccc2)C(=O)O1. The number of rotatable bonds is 2. The summed E-state index contributed by atoms with van der Waals surface area (Å²) in [6.07, 6.45) is 1.99. The molecule has 112 valence electrons. The van der Waals surface area contributed by atoms with Gasteiger partial charge in [0.1, 0.15) is 11.2 Å². The molecule has 1 aliphatic heterocycles. The van der Waals surface area contributed by atoms with Crippen molar-refractivity contribution in [3.63, 3.8) is 0 Å². The Morgan fingerprint density at radius 2 is 1.27 bits per heavy atom. The number of carbonyl (C=O) groups excluding carboxylic acids is 1. The topological polar surface area (TPSA) is 26.3 Å². The molecule has 0 N–H and O–H groups in total. The first-order valence-electron chi connectivity index (χ1n) is 7.51. The molecular weight excluding hydrogens is 272 g/mol. The Morgan fingerprint density at radius 3 is 1.64 bits per heavy atom. The summed E-state index contributed by atoms with van der Waals surface area (Å²) in [6.45, 7) is 6.16. The largest absolute Gasteiger partial charge is 0.430 e. The van der Waals surface area contributed by atoms with Crippen LogP contribution < -0.4 is 0 Å². The summed E-state index contributed by atoms with van der Waals surface area (Å²) < 4.78 is 5.67. The number of hydrogen-bond donors (Lipinski definition) is 0. The summed E-state index contributed by atoms with van der Waals surface area (Å²) in [5.41, 5.74) is 0.808. The fourth-order valence-corrected chi connectivity index (χ4v) is 2.81. The fourth-order valence-electron chi connectivity index (χ4n) is 2.81. The molecule has 0 saturated heterocycles. The zero-order valence-electron chi connectivity index (χ0n) is 13.2. The lowest BCUT2D eigenvalue weighted by molar-refractivity contribution is -0.141. The lowest BCUT2D eigenvalue weighted by Crippen LogP contribution is -2.32. The van der Waals surface area contributed by atoms with Crippen LogP contribution in [0.3, 0.4) is 0 Å². The molecule has 1 aliphatic rings. The van der Waals surface area contributed by atoms with Crippen LogP contribution in [0.4, 0.5) is 0 Å². The molecule has 2 heteroatoms. The summed E-state index contributed by atoms with van der Waals surface area (Å²) >= 11 is 0. The lowest BCUT2D eigenvalue weighted by Gasteiger charge is -2.24. The van der Waals surface area contributed by atoms with Gasteiger partial charge >= 0.3 is 5.97 Å². The van der Waals surface area contributed by atoms with Crippen molar-refractivity contribution >= 4 is 5.97 Å². The van der Waals surface area contributed by atoms with Crippen molar-refractivity contribution in [2.75, 3.05) is 0 Å². The van der Waals surface area contributed by atoms with Gasteiger partial charge in [-0.15, -0.1) is 0 Å². The minimum atomic E-state index is -0.856. The molecule has 0 aromatic heterocycles. The number of ether oxygens (including phenoxy) is 1. The molecule has 3 rings (SSSR count). The third kappa shape index (κ3) is 2.25. The molecule has 1 heterocycles. The number of esters is 1. The van der Waals surface area contributed by atoms with E-state index in [4.69, 9.17) is 4.74 Å². The van der Waals surface area contributed by atoms with Gasteiger partial charge in [-0.2, -0.15) is 0 Å². The van der Waals surface area contributed by atoms with E-state index in [2.05, 4.69) is 20.8 Å². The monoisotopic (exact) mass is 292 g/mol. The van der Waals surface area contributed by atoms with E-state index in [0.717, 1.165) is 16.9 Å². The van der Waals surface area contributed by atoms with Gasteiger partial charge in [-0.25, -0.2) is 4.79 Å². The minimum absolute atomic E-state index is 0.207. The lowest BCUT2D eigenvalue weighted by atomic mass is 9.74. The standard InChI is InChI=1S/C20H20O2/c1-19(2,3)17-14-20(18(21)22-17,15-10-6-4-7-11-15)16-12-8-5-9-13-16/h4-14H,1-3H3. The van der Waals surface area contributed by atoms with Crippen molar-refractivity contribution in [3.8, 4) is 0 Å². The fraction of sp³-hybridized carbons (Fsp3) is 0.250. The van der Waals surface area contributed by atoms with E-state index in [-0.39, 0.29) is 11.4 Å². The van der Waals surface area contributed by atoms with E-state index in [1.807, 2.05) is 66.7 Å². The van der Waals surface area contributed by atoms with Gasteiger partial charge in [-0.05, 0) is 17.2 Å². The molecule has 0 aliphatic carbocycles. The average molecular weight is 292 g/mol. The molecule has 0 radical (unpaired) electrons. The Bertz CT molecular complexity index is 667. The Balaban J connectivity index is 2.26. The molecule has 0 atom stereocenters. The van der Waals surface area contributed by atoms with E-state index in [9.17, 15) is 4.79 Å². The van der Waals surface area contributed by atoms with E-state index in [0.29, 0.717) is 0 Å². The molecule has 2 aromatic carbocycles. The molecular formula is C20H20O2. The maximum Gasteiger partial charge on any atom is 0.330 e. The van der Waals surface area contributed by atoms with Crippen LogP contribution in [0, 0.1) is 5.41 Å². The van der Waals surface area contributed by atoms with Crippen LogP contribution in [-0.2, 0) is 14.9 Å². The van der Waals surface area contributed by atoms with Crippen molar-refractivity contribution in [2.24, 2.45) is 5.41 Å². The molecule has 0 amide bonds. The van der Waals surface area contributed by atoms with Crippen LogP contribution >= 0.6 is 0 Å². The highest BCUT2D eigenvalue weighted by Gasteiger charge is 2.48. The van der Waals surface area contributed by atoms with E-state index < -0.39 is 5.41 Å². The number of hydrogen-bond acceptors (Lipinski definition) is 2. The third-order valence-electron chi connectivity index (χ3n) is 4.07. The Hall–Kier alpha value is -2.35. The zero-order valence-corrected chi connectivity index (χ0v) is 13.2. The molecule has 2 nitrogen and oxygen atoms in total. The zero-order chi connectivity index (χ0) is 15.8. The van der Waals surface area contributed by atoms with Crippen LogP contribution in [-0.4, -0.2) is 5.97 Å². The van der Waals surface area contributed by atoms with Crippen molar-refractivity contribution in [1.29, 1.82) is 0 Å². The summed E-state index contributed by atoms with van der Waals surface area (Å²) in [5.74, 6) is 0.500. The summed E-state index contributed by atoms with van der Waals surface area (Å²) in [7, 11) is 0. The van der Waals surface area contributed by atoms with Crippen LogP contribution in [0.2, 0.25) is 0 Å². The molecule has 0 spiro atoms. The maximum atomic E-state index is 12.9. The second kappa shape index (κ2) is 5.13. The van der Waals surface area contributed by atoms with E-state index in [1.54, 1.807) is 0 Å². The number of carbonyl (C=O) groups is 1. The number of allylic oxidation sites excluding steroid dienone is 1. The second-order valence-electron chi connectivity index (χ2n) is 6.69. The quantitative estimate of drug-likeness (QED) is 0.764. The highest BCUT2D eigenvalue weighted by atomic mass is 16.5. The van der Waals surface area contributed by atoms with Gasteiger partial charge < -0.3 is 4.74 Å². The van der Waals surface area contributed by atoms with Crippen molar-refractivity contribution in [2.45, 2.75) is 26.2 Å². The third-order valence-corrected chi connectivity index (χ3v) is 4.07. The smallest absolute Gasteiger partial charge is 0.330 e. The molecule has 2 aromatic rings. The average Bonchev–Trinajstić information content (AvgIpc) is 2.88. The normalized spacial score (nSPS) is 17.0. The minimum Gasteiger partial charge on any atom is -0.430 e. The summed E-state index contributed by atoms with van der Waals surface area (Å²) in [4.78, 5) is 12.9. The van der Waals surface area contributed by atoms with Crippen LogP contribution in [0.25, 0.3) is 0 Å². The number of benzene rings is 2. The molecule has 0 bridgehead atoms.